The molecule has 1 aromatic carbocycles. The summed E-state index contributed by atoms with van der Waals surface area (Å²) in [5.41, 5.74) is 1.07. The Labute approximate surface area is 124 Å². The van der Waals surface area contributed by atoms with Crippen molar-refractivity contribution in [2.75, 3.05) is 25.2 Å². The predicted molar refractivity (Wildman–Crippen MR) is 80.3 cm³/mol. The van der Waals surface area contributed by atoms with Crippen LogP contribution in [0.2, 0.25) is 0 Å². The molecule has 116 valence electrons. The van der Waals surface area contributed by atoms with Gasteiger partial charge in [-0.2, -0.15) is 0 Å². The Bertz CT molecular complexity index is 601. The number of benzene rings is 1. The summed E-state index contributed by atoms with van der Waals surface area (Å²) in [6, 6.07) is 7.06. The monoisotopic (exact) mass is 312 g/mol. The summed E-state index contributed by atoms with van der Waals surface area (Å²) in [6.45, 7) is 0.485. The second-order valence-corrected chi connectivity index (χ2v) is 7.33. The van der Waals surface area contributed by atoms with Gasteiger partial charge in [0.15, 0.2) is 9.84 Å². The fourth-order valence-corrected chi connectivity index (χ4v) is 3.97. The lowest BCUT2D eigenvalue weighted by Gasteiger charge is -2.12. The number of nitrogens with one attached hydrogen (secondary N) is 2. The highest BCUT2D eigenvalue weighted by Crippen LogP contribution is 2.13. The molecule has 1 atom stereocenters. The van der Waals surface area contributed by atoms with Crippen molar-refractivity contribution in [3.05, 3.63) is 29.8 Å². The first kappa shape index (κ1) is 15.6. The summed E-state index contributed by atoms with van der Waals surface area (Å²) in [5.74, 6) is 0.978. The molecule has 0 saturated carbocycles. The van der Waals surface area contributed by atoms with Crippen LogP contribution in [0.3, 0.4) is 0 Å². The number of hydrogen-bond acceptors (Lipinski definition) is 4. The van der Waals surface area contributed by atoms with Gasteiger partial charge in [0, 0.05) is 12.6 Å². The number of carbonyl (C=O) groups is 1. The third-order valence-electron chi connectivity index (χ3n) is 3.40. The first-order valence-electron chi connectivity index (χ1n) is 6.86. The highest BCUT2D eigenvalue weighted by molar-refractivity contribution is 7.91. The zero-order valence-electron chi connectivity index (χ0n) is 12.0. The van der Waals surface area contributed by atoms with Gasteiger partial charge in [0.2, 0.25) is 0 Å². The number of rotatable bonds is 5. The first-order chi connectivity index (χ1) is 9.98. The summed E-state index contributed by atoms with van der Waals surface area (Å²) in [7, 11) is -1.36. The summed E-state index contributed by atoms with van der Waals surface area (Å²) >= 11 is 0. The summed E-state index contributed by atoms with van der Waals surface area (Å²) in [4.78, 5) is 11.7. The molecule has 6 nitrogen and oxygen atoms in total. The van der Waals surface area contributed by atoms with Crippen LogP contribution in [0.4, 0.5) is 4.79 Å². The number of ether oxygens (including phenoxy) is 1. The molecule has 1 heterocycles. The molecule has 0 unspecified atom stereocenters. The lowest BCUT2D eigenvalue weighted by molar-refractivity contribution is 0.238. The van der Waals surface area contributed by atoms with E-state index in [1.54, 1.807) is 7.11 Å². The molecule has 0 spiro atoms. The SMILES string of the molecule is COc1cccc(CCNC(=O)N[C@@H]2CCS(=O)(=O)C2)c1. The van der Waals surface area contributed by atoms with Crippen molar-refractivity contribution in [3.8, 4) is 5.75 Å². The quantitative estimate of drug-likeness (QED) is 0.839. The van der Waals surface area contributed by atoms with E-state index in [1.165, 1.54) is 0 Å². The van der Waals surface area contributed by atoms with Crippen molar-refractivity contribution in [2.45, 2.75) is 18.9 Å². The minimum absolute atomic E-state index is 0.0380. The third-order valence-corrected chi connectivity index (χ3v) is 5.17. The van der Waals surface area contributed by atoms with Gasteiger partial charge in [0.1, 0.15) is 5.75 Å². The Morgan fingerprint density at radius 2 is 2.24 bits per heavy atom. The predicted octanol–water partition coefficient (Wildman–Crippen LogP) is 0.724. The van der Waals surface area contributed by atoms with Crippen LogP contribution in [0.15, 0.2) is 24.3 Å². The van der Waals surface area contributed by atoms with E-state index >= 15 is 0 Å². The number of carbonyl (C=O) groups excluding carboxylic acids is 1. The largest absolute Gasteiger partial charge is 0.497 e. The Morgan fingerprint density at radius 3 is 2.90 bits per heavy atom. The highest BCUT2D eigenvalue weighted by atomic mass is 32.2. The normalized spacial score (nSPS) is 20.0. The highest BCUT2D eigenvalue weighted by Gasteiger charge is 2.28. The van der Waals surface area contributed by atoms with E-state index in [4.69, 9.17) is 4.74 Å². The molecule has 1 saturated heterocycles. The maximum Gasteiger partial charge on any atom is 0.315 e. The van der Waals surface area contributed by atoms with E-state index < -0.39 is 9.84 Å². The van der Waals surface area contributed by atoms with Crippen LogP contribution < -0.4 is 15.4 Å². The second-order valence-electron chi connectivity index (χ2n) is 5.10. The smallest absolute Gasteiger partial charge is 0.315 e. The Kier molecular flexibility index (Phi) is 5.06. The van der Waals surface area contributed by atoms with Crippen LogP contribution in [-0.4, -0.2) is 45.7 Å². The number of urea groups is 1. The van der Waals surface area contributed by atoms with E-state index in [1.807, 2.05) is 24.3 Å². The number of hydrogen-bond donors (Lipinski definition) is 2. The van der Waals surface area contributed by atoms with Gasteiger partial charge < -0.3 is 15.4 Å². The maximum absolute atomic E-state index is 11.7. The zero-order chi connectivity index (χ0) is 15.3. The van der Waals surface area contributed by atoms with Crippen molar-refractivity contribution in [1.29, 1.82) is 0 Å². The van der Waals surface area contributed by atoms with Crippen molar-refractivity contribution in [2.24, 2.45) is 0 Å². The van der Waals surface area contributed by atoms with Gasteiger partial charge in [0.25, 0.3) is 0 Å². The van der Waals surface area contributed by atoms with Gasteiger partial charge >= 0.3 is 6.03 Å². The van der Waals surface area contributed by atoms with Gasteiger partial charge in [-0.05, 0) is 30.5 Å². The molecule has 2 amide bonds. The molecule has 1 aliphatic rings. The molecular formula is C14H20N2O4S. The lowest BCUT2D eigenvalue weighted by atomic mass is 10.1. The summed E-state index contributed by atoms with van der Waals surface area (Å²) in [5, 5.41) is 5.43. The van der Waals surface area contributed by atoms with Crippen molar-refractivity contribution < 1.29 is 17.9 Å². The van der Waals surface area contributed by atoms with E-state index in [2.05, 4.69) is 10.6 Å². The van der Waals surface area contributed by atoms with Crippen LogP contribution in [-0.2, 0) is 16.3 Å². The topological polar surface area (TPSA) is 84.5 Å². The van der Waals surface area contributed by atoms with Gasteiger partial charge in [-0.15, -0.1) is 0 Å². The van der Waals surface area contributed by atoms with Crippen LogP contribution in [0.25, 0.3) is 0 Å². The summed E-state index contributed by atoms with van der Waals surface area (Å²) in [6.07, 6.45) is 1.18. The number of sulfone groups is 1. The molecule has 0 aromatic heterocycles. The van der Waals surface area contributed by atoms with Crippen LogP contribution >= 0.6 is 0 Å². The molecule has 2 N–H and O–H groups in total. The Hall–Kier alpha value is -1.76. The lowest BCUT2D eigenvalue weighted by Crippen LogP contribution is -2.43. The van der Waals surface area contributed by atoms with E-state index in [9.17, 15) is 13.2 Å². The molecular weight excluding hydrogens is 292 g/mol. The van der Waals surface area contributed by atoms with Crippen molar-refractivity contribution >= 4 is 15.9 Å². The molecule has 0 radical (unpaired) electrons. The molecule has 1 aliphatic heterocycles. The number of methoxy groups -OCH3 is 1. The third kappa shape index (κ3) is 4.93. The van der Waals surface area contributed by atoms with Crippen molar-refractivity contribution in [1.82, 2.24) is 10.6 Å². The van der Waals surface area contributed by atoms with Crippen LogP contribution in [0.1, 0.15) is 12.0 Å². The standard InChI is InChI=1S/C14H20N2O4S/c1-20-13-4-2-3-11(9-13)5-7-15-14(17)16-12-6-8-21(18,19)10-12/h2-4,9,12H,5-8,10H2,1H3,(H2,15,16,17)/t12-/m1/s1. The van der Waals surface area contributed by atoms with Crippen molar-refractivity contribution in [3.63, 3.8) is 0 Å². The van der Waals surface area contributed by atoms with E-state index in [-0.39, 0.29) is 23.6 Å². The van der Waals surface area contributed by atoms with Gasteiger partial charge in [-0.25, -0.2) is 13.2 Å². The van der Waals surface area contributed by atoms with Crippen LogP contribution in [0, 0.1) is 0 Å². The molecule has 7 heteroatoms. The minimum atomic E-state index is -2.97. The molecule has 0 bridgehead atoms. The van der Waals surface area contributed by atoms with E-state index in [0.717, 1.165) is 11.3 Å². The Balaban J connectivity index is 1.72. The molecule has 2 rings (SSSR count). The van der Waals surface area contributed by atoms with Gasteiger partial charge in [-0.3, -0.25) is 0 Å². The molecule has 1 fully saturated rings. The molecule has 1 aromatic rings. The average molecular weight is 312 g/mol. The van der Waals surface area contributed by atoms with Gasteiger partial charge in [-0.1, -0.05) is 12.1 Å². The minimum Gasteiger partial charge on any atom is -0.497 e. The number of amides is 2. The average Bonchev–Trinajstić information content (AvgIpc) is 2.78. The zero-order valence-corrected chi connectivity index (χ0v) is 12.8. The fraction of sp³-hybridized carbons (Fsp3) is 0.500. The van der Waals surface area contributed by atoms with Gasteiger partial charge in [0.05, 0.1) is 18.6 Å². The fourth-order valence-electron chi connectivity index (χ4n) is 2.29. The van der Waals surface area contributed by atoms with Crippen LogP contribution in [0.5, 0.6) is 5.75 Å². The maximum atomic E-state index is 11.7. The molecule has 21 heavy (non-hydrogen) atoms. The first-order valence-corrected chi connectivity index (χ1v) is 8.68. The van der Waals surface area contributed by atoms with E-state index in [0.29, 0.717) is 19.4 Å². The summed E-state index contributed by atoms with van der Waals surface area (Å²) < 4.78 is 27.7. The molecule has 0 aliphatic carbocycles. The second kappa shape index (κ2) is 6.80. The Morgan fingerprint density at radius 1 is 1.43 bits per heavy atom.